The van der Waals surface area contributed by atoms with Crippen LogP contribution in [-0.2, 0) is 0 Å². The van der Waals surface area contributed by atoms with E-state index in [0.29, 0.717) is 12.5 Å². The van der Waals surface area contributed by atoms with E-state index in [9.17, 15) is 0 Å². The standard InChI is InChI=1S/C29H46N2/c1-6-8-10-11-14-17-25(4)29(31-5)27(20-13-9-7-2)22-28(21-24(3)23-30)26-18-15-12-16-19-26/h12,15-16,18-20,28H,3-4,6-11,13-14,17,21-23,30H2,1-2,5H3/b27-20+,31-29?. The van der Waals surface area contributed by atoms with E-state index in [0.717, 1.165) is 37.0 Å². The second-order valence-corrected chi connectivity index (χ2v) is 8.68. The van der Waals surface area contributed by atoms with Crippen LogP contribution in [0.25, 0.3) is 0 Å². The van der Waals surface area contributed by atoms with Gasteiger partial charge in [0.25, 0.3) is 0 Å². The first kappa shape index (κ1) is 27.1. The zero-order valence-electron chi connectivity index (χ0n) is 20.5. The first-order valence-corrected chi connectivity index (χ1v) is 12.3. The molecule has 2 nitrogen and oxygen atoms in total. The van der Waals surface area contributed by atoms with Gasteiger partial charge in [-0.1, -0.05) is 108 Å². The number of nitrogens with two attached hydrogens (primary N) is 1. The molecule has 1 aromatic rings. The number of nitrogens with zero attached hydrogens (tertiary/aromatic N) is 1. The molecule has 0 saturated heterocycles. The van der Waals surface area contributed by atoms with Crippen molar-refractivity contribution in [1.29, 1.82) is 0 Å². The van der Waals surface area contributed by atoms with Gasteiger partial charge in [0, 0.05) is 13.6 Å². The van der Waals surface area contributed by atoms with E-state index in [1.54, 1.807) is 0 Å². The molecule has 0 aliphatic heterocycles. The van der Waals surface area contributed by atoms with Crippen molar-refractivity contribution in [1.82, 2.24) is 0 Å². The van der Waals surface area contributed by atoms with E-state index < -0.39 is 0 Å². The Hall–Kier alpha value is -1.93. The zero-order chi connectivity index (χ0) is 22.9. The van der Waals surface area contributed by atoms with Gasteiger partial charge in [0.15, 0.2) is 0 Å². The summed E-state index contributed by atoms with van der Waals surface area (Å²) in [5.74, 6) is 0.360. The zero-order valence-corrected chi connectivity index (χ0v) is 20.5. The molecule has 0 heterocycles. The molecule has 0 spiro atoms. The Morgan fingerprint density at radius 1 is 0.968 bits per heavy atom. The predicted molar refractivity (Wildman–Crippen MR) is 140 cm³/mol. The van der Waals surface area contributed by atoms with Crippen LogP contribution >= 0.6 is 0 Å². The minimum atomic E-state index is 0.360. The monoisotopic (exact) mass is 422 g/mol. The van der Waals surface area contributed by atoms with Crippen molar-refractivity contribution in [3.05, 3.63) is 71.8 Å². The molecule has 0 aliphatic rings. The molecule has 2 N–H and O–H groups in total. The summed E-state index contributed by atoms with van der Waals surface area (Å²) in [6.45, 7) is 13.7. The maximum Gasteiger partial charge on any atom is 0.0625 e. The van der Waals surface area contributed by atoms with E-state index in [2.05, 4.69) is 63.4 Å². The number of allylic oxidation sites excluding steroid dienone is 3. The number of rotatable bonds is 17. The molecular weight excluding hydrogens is 376 g/mol. The summed E-state index contributed by atoms with van der Waals surface area (Å²) in [6, 6.07) is 10.8. The van der Waals surface area contributed by atoms with Gasteiger partial charge in [-0.25, -0.2) is 0 Å². The molecule has 31 heavy (non-hydrogen) atoms. The van der Waals surface area contributed by atoms with Crippen LogP contribution in [0.3, 0.4) is 0 Å². The van der Waals surface area contributed by atoms with Crippen molar-refractivity contribution in [2.45, 2.75) is 90.4 Å². The molecule has 0 radical (unpaired) electrons. The van der Waals surface area contributed by atoms with Crippen molar-refractivity contribution in [3.8, 4) is 0 Å². The number of hydrogen-bond donors (Lipinski definition) is 1. The van der Waals surface area contributed by atoms with E-state index >= 15 is 0 Å². The van der Waals surface area contributed by atoms with Crippen molar-refractivity contribution in [2.75, 3.05) is 13.6 Å². The van der Waals surface area contributed by atoms with E-state index in [1.165, 1.54) is 61.7 Å². The summed E-state index contributed by atoms with van der Waals surface area (Å²) < 4.78 is 0. The Kier molecular flexibility index (Phi) is 14.6. The second kappa shape index (κ2) is 16.7. The Balaban J connectivity index is 3.03. The van der Waals surface area contributed by atoms with Crippen molar-refractivity contribution >= 4 is 5.71 Å². The largest absolute Gasteiger partial charge is 0.327 e. The first-order chi connectivity index (χ1) is 15.1. The Morgan fingerprint density at radius 2 is 1.65 bits per heavy atom. The van der Waals surface area contributed by atoms with E-state index in [4.69, 9.17) is 10.7 Å². The maximum atomic E-state index is 5.90. The van der Waals surface area contributed by atoms with Gasteiger partial charge in [0.05, 0.1) is 5.71 Å². The molecule has 0 amide bonds. The van der Waals surface area contributed by atoms with Gasteiger partial charge in [0.1, 0.15) is 0 Å². The third kappa shape index (κ3) is 10.8. The maximum absolute atomic E-state index is 5.90. The van der Waals surface area contributed by atoms with Crippen LogP contribution in [0.4, 0.5) is 0 Å². The highest BCUT2D eigenvalue weighted by Crippen LogP contribution is 2.32. The molecule has 0 saturated carbocycles. The lowest BCUT2D eigenvalue weighted by Crippen LogP contribution is -2.13. The van der Waals surface area contributed by atoms with Crippen LogP contribution < -0.4 is 5.73 Å². The lowest BCUT2D eigenvalue weighted by Gasteiger charge is -2.22. The van der Waals surface area contributed by atoms with Gasteiger partial charge < -0.3 is 5.73 Å². The topological polar surface area (TPSA) is 38.4 Å². The molecule has 0 fully saturated rings. The number of aliphatic imine (C=N–C) groups is 1. The Bertz CT molecular complexity index is 697. The predicted octanol–water partition coefficient (Wildman–Crippen LogP) is 8.17. The molecule has 0 aromatic heterocycles. The molecular formula is C29H46N2. The summed E-state index contributed by atoms with van der Waals surface area (Å²) in [5, 5.41) is 0. The van der Waals surface area contributed by atoms with Gasteiger partial charge in [-0.3, -0.25) is 4.99 Å². The molecule has 1 rings (SSSR count). The average molecular weight is 423 g/mol. The highest BCUT2D eigenvalue weighted by atomic mass is 14.7. The normalized spacial score (nSPS) is 13.3. The average Bonchev–Trinajstić information content (AvgIpc) is 2.79. The van der Waals surface area contributed by atoms with Crippen molar-refractivity contribution < 1.29 is 0 Å². The first-order valence-electron chi connectivity index (χ1n) is 12.3. The molecule has 2 heteroatoms. The fraction of sp³-hybridized carbons (Fsp3) is 0.552. The summed E-state index contributed by atoms with van der Waals surface area (Å²) in [7, 11) is 1.92. The third-order valence-corrected chi connectivity index (χ3v) is 5.95. The van der Waals surface area contributed by atoms with Crippen molar-refractivity contribution in [3.63, 3.8) is 0 Å². The smallest absolute Gasteiger partial charge is 0.0625 e. The number of unbranched alkanes of at least 4 members (excludes halogenated alkanes) is 6. The molecule has 1 unspecified atom stereocenters. The molecule has 0 aliphatic carbocycles. The molecule has 1 aromatic carbocycles. The Labute approximate surface area is 192 Å². The van der Waals surface area contributed by atoms with E-state index in [-0.39, 0.29) is 0 Å². The van der Waals surface area contributed by atoms with Crippen LogP contribution in [0.2, 0.25) is 0 Å². The highest BCUT2D eigenvalue weighted by molar-refractivity contribution is 6.12. The molecule has 1 atom stereocenters. The minimum Gasteiger partial charge on any atom is -0.327 e. The quantitative estimate of drug-likeness (QED) is 0.153. The molecule has 0 bridgehead atoms. The highest BCUT2D eigenvalue weighted by Gasteiger charge is 2.19. The van der Waals surface area contributed by atoms with E-state index in [1.807, 2.05) is 7.05 Å². The van der Waals surface area contributed by atoms with Crippen LogP contribution in [0.15, 0.2) is 71.3 Å². The SMILES string of the molecule is C=C(CN)CC(C/C(=C\CCCC)C(=NC)C(=C)CCCCCCC)c1ccccc1. The lowest BCUT2D eigenvalue weighted by molar-refractivity contribution is 0.634. The molecule has 172 valence electrons. The third-order valence-electron chi connectivity index (χ3n) is 5.95. The van der Waals surface area contributed by atoms with Gasteiger partial charge in [-0.05, 0) is 54.7 Å². The summed E-state index contributed by atoms with van der Waals surface area (Å²) in [4.78, 5) is 4.73. The van der Waals surface area contributed by atoms with Crippen molar-refractivity contribution in [2.24, 2.45) is 10.7 Å². The number of benzene rings is 1. The van der Waals surface area contributed by atoms with Gasteiger partial charge in [0.2, 0.25) is 0 Å². The second-order valence-electron chi connectivity index (χ2n) is 8.68. The lowest BCUT2D eigenvalue weighted by atomic mass is 9.83. The fourth-order valence-corrected chi connectivity index (χ4v) is 4.08. The summed E-state index contributed by atoms with van der Waals surface area (Å²) >= 11 is 0. The van der Waals surface area contributed by atoms with Crippen LogP contribution in [0, 0.1) is 0 Å². The van der Waals surface area contributed by atoms with Gasteiger partial charge in [-0.15, -0.1) is 0 Å². The van der Waals surface area contributed by atoms with Gasteiger partial charge in [-0.2, -0.15) is 0 Å². The summed E-state index contributed by atoms with van der Waals surface area (Å²) in [6.07, 6.45) is 15.2. The van der Waals surface area contributed by atoms with Gasteiger partial charge >= 0.3 is 0 Å². The number of hydrogen-bond acceptors (Lipinski definition) is 2. The summed E-state index contributed by atoms with van der Waals surface area (Å²) in [5.41, 5.74) is 12.0. The van der Waals surface area contributed by atoms with Crippen LogP contribution in [-0.4, -0.2) is 19.3 Å². The Morgan fingerprint density at radius 3 is 2.26 bits per heavy atom. The van der Waals surface area contributed by atoms with Crippen LogP contribution in [0.5, 0.6) is 0 Å². The fourth-order valence-electron chi connectivity index (χ4n) is 4.08. The minimum absolute atomic E-state index is 0.360. The van der Waals surface area contributed by atoms with Crippen LogP contribution in [0.1, 0.15) is 96.0 Å².